The summed E-state index contributed by atoms with van der Waals surface area (Å²) in [6.07, 6.45) is -4.83. The molecule has 0 aliphatic carbocycles. The summed E-state index contributed by atoms with van der Waals surface area (Å²) in [5.74, 6) is -4.07. The highest BCUT2D eigenvalue weighted by molar-refractivity contribution is 6.34. The van der Waals surface area contributed by atoms with E-state index in [4.69, 9.17) is 11.6 Å². The minimum atomic E-state index is -5.10. The lowest BCUT2D eigenvalue weighted by Crippen LogP contribution is -2.55. The van der Waals surface area contributed by atoms with Crippen LogP contribution in [-0.2, 0) is 14.4 Å². The molecule has 2 rings (SSSR count). The predicted molar refractivity (Wildman–Crippen MR) is 93.2 cm³/mol. The van der Waals surface area contributed by atoms with Crippen LogP contribution in [0.5, 0.6) is 0 Å². The van der Waals surface area contributed by atoms with Crippen LogP contribution in [0.25, 0.3) is 0 Å². The maximum Gasteiger partial charge on any atom is 0.471 e. The summed E-state index contributed by atoms with van der Waals surface area (Å²) in [5, 5.41) is 4.48. The van der Waals surface area contributed by atoms with E-state index in [1.165, 1.54) is 18.7 Å². The molecule has 1 aromatic rings. The van der Waals surface area contributed by atoms with Crippen LogP contribution in [0.2, 0.25) is 5.02 Å². The van der Waals surface area contributed by atoms with Crippen LogP contribution < -0.4 is 15.5 Å². The summed E-state index contributed by atoms with van der Waals surface area (Å²) in [7, 11) is 0. The summed E-state index contributed by atoms with van der Waals surface area (Å²) < 4.78 is 37.4. The number of benzene rings is 1. The molecule has 0 aromatic heterocycles. The second-order valence-electron chi connectivity index (χ2n) is 6.48. The summed E-state index contributed by atoms with van der Waals surface area (Å²) in [4.78, 5) is 37.5. The van der Waals surface area contributed by atoms with Gasteiger partial charge in [-0.15, -0.1) is 0 Å². The number of carbonyl (C=O) groups is 3. The molecule has 1 aliphatic heterocycles. The van der Waals surface area contributed by atoms with Crippen LogP contribution in [0.3, 0.4) is 0 Å². The summed E-state index contributed by atoms with van der Waals surface area (Å²) in [6.45, 7) is 3.29. The van der Waals surface area contributed by atoms with E-state index < -0.39 is 41.9 Å². The first kappa shape index (κ1) is 21.0. The van der Waals surface area contributed by atoms with E-state index in [9.17, 15) is 27.6 Å². The van der Waals surface area contributed by atoms with Crippen LogP contribution in [0.1, 0.15) is 20.3 Å². The fraction of sp³-hybridized carbons (Fsp3) is 0.471. The highest BCUT2D eigenvalue weighted by atomic mass is 35.5. The zero-order valence-electron chi connectivity index (χ0n) is 14.6. The number of anilines is 1. The molecular weight excluding hydrogens is 387 g/mol. The van der Waals surface area contributed by atoms with Gasteiger partial charge in [0.05, 0.1) is 10.7 Å². The number of hydrogen-bond donors (Lipinski definition) is 2. The molecular formula is C17H19ClF3N3O3. The van der Waals surface area contributed by atoms with E-state index in [1.54, 1.807) is 29.6 Å². The van der Waals surface area contributed by atoms with E-state index in [0.29, 0.717) is 17.3 Å². The topological polar surface area (TPSA) is 78.5 Å². The quantitative estimate of drug-likeness (QED) is 0.788. The standard InChI is InChI=1S/C17H19ClF3N3O3/c1-9(2)13(23-16(27)17(19,20)21)14(25)22-11-7-8-24(15(11)26)12-6-4-3-5-10(12)18/h3-6,9,11,13H,7-8H2,1-2H3,(H,22,25)(H,23,27)/t11-,13+/m1/s1. The molecule has 3 amide bonds. The Morgan fingerprint density at radius 2 is 1.89 bits per heavy atom. The SMILES string of the molecule is CC(C)[C@H](NC(=O)C(F)(F)F)C(=O)N[C@@H]1CCN(c2ccccc2Cl)C1=O. The van der Waals surface area contributed by atoms with Gasteiger partial charge in [0.1, 0.15) is 12.1 Å². The van der Waals surface area contributed by atoms with Crippen LogP contribution in [-0.4, -0.2) is 42.5 Å². The van der Waals surface area contributed by atoms with Crippen molar-refractivity contribution in [1.29, 1.82) is 0 Å². The number of amides is 3. The Bertz CT molecular complexity index is 740. The first-order chi connectivity index (χ1) is 12.5. The molecule has 6 nitrogen and oxygen atoms in total. The molecule has 1 aromatic carbocycles. The maximum absolute atomic E-state index is 12.6. The molecule has 2 N–H and O–H groups in total. The van der Waals surface area contributed by atoms with Gasteiger partial charge in [-0.2, -0.15) is 13.2 Å². The van der Waals surface area contributed by atoms with E-state index in [1.807, 2.05) is 0 Å². The maximum atomic E-state index is 12.6. The Hall–Kier alpha value is -2.29. The summed E-state index contributed by atoms with van der Waals surface area (Å²) in [6, 6.07) is 4.38. The van der Waals surface area contributed by atoms with Crippen molar-refractivity contribution >= 4 is 35.0 Å². The van der Waals surface area contributed by atoms with Gasteiger partial charge in [0.15, 0.2) is 0 Å². The molecule has 1 fully saturated rings. The van der Waals surface area contributed by atoms with Crippen LogP contribution in [0.15, 0.2) is 24.3 Å². The molecule has 0 spiro atoms. The van der Waals surface area contributed by atoms with E-state index in [2.05, 4.69) is 5.32 Å². The normalized spacial score (nSPS) is 18.6. The molecule has 1 aliphatic rings. The van der Waals surface area contributed by atoms with E-state index in [0.717, 1.165) is 0 Å². The van der Waals surface area contributed by atoms with Gasteiger partial charge in [0.2, 0.25) is 11.8 Å². The molecule has 0 saturated carbocycles. The predicted octanol–water partition coefficient (Wildman–Crippen LogP) is 2.26. The molecule has 27 heavy (non-hydrogen) atoms. The highest BCUT2D eigenvalue weighted by Crippen LogP contribution is 2.29. The number of alkyl halides is 3. The molecule has 0 unspecified atom stereocenters. The smallest absolute Gasteiger partial charge is 0.342 e. The van der Waals surface area contributed by atoms with Gasteiger partial charge in [-0.25, -0.2) is 0 Å². The molecule has 1 heterocycles. The van der Waals surface area contributed by atoms with Gasteiger partial charge < -0.3 is 15.5 Å². The third-order valence-corrected chi connectivity index (χ3v) is 4.48. The Morgan fingerprint density at radius 1 is 1.26 bits per heavy atom. The Kier molecular flexibility index (Phi) is 6.35. The molecule has 0 radical (unpaired) electrons. The molecule has 2 atom stereocenters. The fourth-order valence-electron chi connectivity index (χ4n) is 2.74. The number of nitrogens with zero attached hydrogens (tertiary/aromatic N) is 1. The van der Waals surface area contributed by atoms with Gasteiger partial charge in [-0.05, 0) is 24.5 Å². The van der Waals surface area contributed by atoms with Gasteiger partial charge in [-0.1, -0.05) is 37.6 Å². The van der Waals surface area contributed by atoms with E-state index in [-0.39, 0.29) is 6.42 Å². The minimum Gasteiger partial charge on any atom is -0.342 e. The lowest BCUT2D eigenvalue weighted by Gasteiger charge is -2.24. The zero-order valence-corrected chi connectivity index (χ0v) is 15.4. The van der Waals surface area contributed by atoms with Crippen molar-refractivity contribution in [3.8, 4) is 0 Å². The average molecular weight is 406 g/mol. The summed E-state index contributed by atoms with van der Waals surface area (Å²) >= 11 is 6.08. The van der Waals surface area contributed by atoms with E-state index >= 15 is 0 Å². The van der Waals surface area contributed by atoms with Crippen molar-refractivity contribution in [2.75, 3.05) is 11.4 Å². The zero-order chi connectivity index (χ0) is 20.4. The van der Waals surface area contributed by atoms with Crippen LogP contribution in [0.4, 0.5) is 18.9 Å². The number of para-hydroxylation sites is 1. The third kappa shape index (κ3) is 4.91. The number of carbonyl (C=O) groups excluding carboxylic acids is 3. The third-order valence-electron chi connectivity index (χ3n) is 4.16. The monoisotopic (exact) mass is 405 g/mol. The molecule has 10 heteroatoms. The highest BCUT2D eigenvalue weighted by Gasteiger charge is 2.42. The largest absolute Gasteiger partial charge is 0.471 e. The summed E-state index contributed by atoms with van der Waals surface area (Å²) in [5.41, 5.74) is 0.492. The minimum absolute atomic E-state index is 0.272. The number of hydrogen-bond acceptors (Lipinski definition) is 3. The number of nitrogens with one attached hydrogen (secondary N) is 2. The average Bonchev–Trinajstić information content (AvgIpc) is 2.92. The van der Waals surface area contributed by atoms with Crippen molar-refractivity contribution in [3.05, 3.63) is 29.3 Å². The van der Waals surface area contributed by atoms with Crippen LogP contribution >= 0.6 is 11.6 Å². The number of halogens is 4. The van der Waals surface area contributed by atoms with Gasteiger partial charge >= 0.3 is 12.1 Å². The number of rotatable bonds is 5. The van der Waals surface area contributed by atoms with Crippen molar-refractivity contribution in [2.45, 2.75) is 38.5 Å². The molecule has 0 bridgehead atoms. The van der Waals surface area contributed by atoms with Gasteiger partial charge in [-0.3, -0.25) is 14.4 Å². The molecule has 1 saturated heterocycles. The van der Waals surface area contributed by atoms with Gasteiger partial charge in [0.25, 0.3) is 0 Å². The lowest BCUT2D eigenvalue weighted by atomic mass is 10.0. The Balaban J connectivity index is 2.07. The fourth-order valence-corrected chi connectivity index (χ4v) is 2.98. The van der Waals surface area contributed by atoms with Crippen molar-refractivity contribution in [2.24, 2.45) is 5.92 Å². The van der Waals surface area contributed by atoms with Crippen molar-refractivity contribution < 1.29 is 27.6 Å². The Labute approximate surface area is 159 Å². The van der Waals surface area contributed by atoms with Crippen molar-refractivity contribution in [1.82, 2.24) is 10.6 Å². The second kappa shape index (κ2) is 8.16. The molecule has 148 valence electrons. The van der Waals surface area contributed by atoms with Crippen molar-refractivity contribution in [3.63, 3.8) is 0 Å². The lowest BCUT2D eigenvalue weighted by molar-refractivity contribution is -0.175. The van der Waals surface area contributed by atoms with Gasteiger partial charge in [0, 0.05) is 6.54 Å². The first-order valence-corrected chi connectivity index (χ1v) is 8.64. The van der Waals surface area contributed by atoms with Crippen LogP contribution in [0, 0.1) is 5.92 Å². The Morgan fingerprint density at radius 3 is 2.44 bits per heavy atom. The second-order valence-corrected chi connectivity index (χ2v) is 6.89. The first-order valence-electron chi connectivity index (χ1n) is 8.26.